The summed E-state index contributed by atoms with van der Waals surface area (Å²) in [7, 11) is 0. The van der Waals surface area contributed by atoms with Crippen LogP contribution in [0.1, 0.15) is 12.3 Å². The second-order valence-electron chi connectivity index (χ2n) is 5.26. The largest absolute Gasteiger partial charge is 0.379 e. The van der Waals surface area contributed by atoms with Crippen LogP contribution in [0.5, 0.6) is 0 Å². The average molecular weight is 282 g/mol. The molecule has 1 aliphatic heterocycles. The Morgan fingerprint density at radius 3 is 3.00 bits per heavy atom. The van der Waals surface area contributed by atoms with E-state index in [2.05, 4.69) is 20.4 Å². The van der Waals surface area contributed by atoms with E-state index < -0.39 is 5.60 Å². The Morgan fingerprint density at radius 2 is 2.14 bits per heavy atom. The molecule has 3 aromatic rings. The first kappa shape index (κ1) is 12.4. The predicted octanol–water partition coefficient (Wildman–Crippen LogP) is 1.47. The third kappa shape index (κ3) is 2.00. The third-order valence-electron chi connectivity index (χ3n) is 3.84. The molecule has 0 amide bonds. The zero-order valence-electron chi connectivity index (χ0n) is 11.3. The summed E-state index contributed by atoms with van der Waals surface area (Å²) >= 11 is 0. The molecule has 0 bridgehead atoms. The van der Waals surface area contributed by atoms with E-state index in [9.17, 15) is 5.11 Å². The SMILES string of the molecule is OC1(c2nc(-c3nccc4ccccc34)no2)CCNC1. The second-order valence-corrected chi connectivity index (χ2v) is 5.26. The van der Waals surface area contributed by atoms with E-state index in [1.807, 2.05) is 30.3 Å². The monoisotopic (exact) mass is 282 g/mol. The molecule has 1 saturated heterocycles. The molecule has 0 radical (unpaired) electrons. The lowest BCUT2D eigenvalue weighted by Gasteiger charge is -2.14. The normalized spacial score (nSPS) is 22.0. The van der Waals surface area contributed by atoms with Crippen LogP contribution in [0.25, 0.3) is 22.3 Å². The first-order valence-electron chi connectivity index (χ1n) is 6.88. The van der Waals surface area contributed by atoms with E-state index in [-0.39, 0.29) is 5.89 Å². The van der Waals surface area contributed by atoms with Crippen molar-refractivity contribution in [1.82, 2.24) is 20.4 Å². The highest BCUT2D eigenvalue weighted by molar-refractivity contribution is 5.92. The van der Waals surface area contributed by atoms with Crippen LogP contribution in [0.4, 0.5) is 0 Å². The molecule has 1 aromatic carbocycles. The molecular formula is C15H14N4O2. The Kier molecular flexibility index (Phi) is 2.73. The Labute approximate surface area is 120 Å². The van der Waals surface area contributed by atoms with Gasteiger partial charge in [0.1, 0.15) is 5.69 Å². The van der Waals surface area contributed by atoms with Gasteiger partial charge < -0.3 is 14.9 Å². The van der Waals surface area contributed by atoms with Crippen molar-refractivity contribution in [3.05, 3.63) is 42.4 Å². The number of hydrogen-bond donors (Lipinski definition) is 2. The van der Waals surface area contributed by atoms with Gasteiger partial charge in [-0.25, -0.2) is 0 Å². The van der Waals surface area contributed by atoms with Crippen LogP contribution < -0.4 is 5.32 Å². The van der Waals surface area contributed by atoms with Gasteiger partial charge in [-0.15, -0.1) is 0 Å². The molecule has 1 aliphatic rings. The molecule has 0 spiro atoms. The van der Waals surface area contributed by atoms with E-state index in [4.69, 9.17) is 4.52 Å². The lowest BCUT2D eigenvalue weighted by molar-refractivity contribution is 0.0243. The van der Waals surface area contributed by atoms with Crippen LogP contribution in [0, 0.1) is 0 Å². The van der Waals surface area contributed by atoms with Gasteiger partial charge in [-0.05, 0) is 24.4 Å². The van der Waals surface area contributed by atoms with Gasteiger partial charge in [0.05, 0.1) is 0 Å². The maximum Gasteiger partial charge on any atom is 0.260 e. The van der Waals surface area contributed by atoms with Gasteiger partial charge in [0.25, 0.3) is 5.89 Å². The van der Waals surface area contributed by atoms with Gasteiger partial charge in [-0.1, -0.05) is 29.4 Å². The number of nitrogens with one attached hydrogen (secondary N) is 1. The number of rotatable bonds is 2. The molecule has 1 fully saturated rings. The van der Waals surface area contributed by atoms with Crippen molar-refractivity contribution in [2.45, 2.75) is 12.0 Å². The molecular weight excluding hydrogens is 268 g/mol. The Morgan fingerprint density at radius 1 is 1.24 bits per heavy atom. The van der Waals surface area contributed by atoms with Gasteiger partial charge >= 0.3 is 0 Å². The minimum absolute atomic E-state index is 0.247. The second kappa shape index (κ2) is 4.61. The van der Waals surface area contributed by atoms with Gasteiger partial charge in [-0.3, -0.25) is 4.98 Å². The quantitative estimate of drug-likeness (QED) is 0.740. The van der Waals surface area contributed by atoms with Gasteiger partial charge in [0.15, 0.2) is 5.60 Å². The standard InChI is InChI=1S/C15H14N4O2/c20-15(6-8-16-9-15)14-18-13(19-21-14)12-11-4-2-1-3-10(11)5-7-17-12/h1-5,7,16,20H,6,8-9H2. The lowest BCUT2D eigenvalue weighted by Crippen LogP contribution is -2.28. The Balaban J connectivity index is 1.81. The summed E-state index contributed by atoms with van der Waals surface area (Å²) in [5.41, 5.74) is -0.409. The van der Waals surface area contributed by atoms with Crippen LogP contribution in [0.2, 0.25) is 0 Å². The number of fused-ring (bicyclic) bond motifs is 1. The van der Waals surface area contributed by atoms with Crippen LogP contribution in [0.15, 0.2) is 41.1 Å². The molecule has 1 unspecified atom stereocenters. The minimum Gasteiger partial charge on any atom is -0.379 e. The van der Waals surface area contributed by atoms with Gasteiger partial charge in [0, 0.05) is 18.1 Å². The van der Waals surface area contributed by atoms with Crippen LogP contribution >= 0.6 is 0 Å². The van der Waals surface area contributed by atoms with Crippen molar-refractivity contribution in [3.63, 3.8) is 0 Å². The van der Waals surface area contributed by atoms with Crippen molar-refractivity contribution < 1.29 is 9.63 Å². The van der Waals surface area contributed by atoms with Crippen LogP contribution in [-0.4, -0.2) is 33.3 Å². The van der Waals surface area contributed by atoms with E-state index in [1.54, 1.807) is 6.20 Å². The number of aliphatic hydroxyl groups is 1. The topological polar surface area (TPSA) is 84.1 Å². The zero-order valence-corrected chi connectivity index (χ0v) is 11.3. The molecule has 4 rings (SSSR count). The number of benzene rings is 1. The first-order chi connectivity index (χ1) is 10.3. The summed E-state index contributed by atoms with van der Waals surface area (Å²) in [6.45, 7) is 1.17. The van der Waals surface area contributed by atoms with Crippen molar-refractivity contribution in [3.8, 4) is 11.5 Å². The number of β-amino-alcohol motifs (C(OH)–C–C–N with tert-alkyl or cyclic N) is 1. The molecule has 2 N–H and O–H groups in total. The fraction of sp³-hybridized carbons (Fsp3) is 0.267. The predicted molar refractivity (Wildman–Crippen MR) is 76.4 cm³/mol. The summed E-state index contributed by atoms with van der Waals surface area (Å²) < 4.78 is 5.26. The average Bonchev–Trinajstić information content (AvgIpc) is 3.16. The first-order valence-corrected chi connectivity index (χ1v) is 6.88. The van der Waals surface area contributed by atoms with E-state index in [1.165, 1.54) is 0 Å². The molecule has 0 aliphatic carbocycles. The summed E-state index contributed by atoms with van der Waals surface area (Å²) in [5, 5.41) is 19.6. The summed E-state index contributed by atoms with van der Waals surface area (Å²) in [6.07, 6.45) is 2.29. The summed E-state index contributed by atoms with van der Waals surface area (Å²) in [5.74, 6) is 0.652. The summed E-state index contributed by atoms with van der Waals surface area (Å²) in [4.78, 5) is 8.71. The van der Waals surface area contributed by atoms with Crippen molar-refractivity contribution in [2.75, 3.05) is 13.1 Å². The van der Waals surface area contributed by atoms with E-state index in [0.717, 1.165) is 17.3 Å². The maximum absolute atomic E-state index is 10.5. The molecule has 6 heteroatoms. The smallest absolute Gasteiger partial charge is 0.260 e. The molecule has 106 valence electrons. The Hall–Kier alpha value is -2.31. The molecule has 6 nitrogen and oxygen atoms in total. The highest BCUT2D eigenvalue weighted by Gasteiger charge is 2.39. The zero-order chi connectivity index (χ0) is 14.3. The van der Waals surface area contributed by atoms with E-state index in [0.29, 0.717) is 24.5 Å². The summed E-state index contributed by atoms with van der Waals surface area (Å²) in [6, 6.07) is 9.84. The fourth-order valence-corrected chi connectivity index (χ4v) is 2.67. The van der Waals surface area contributed by atoms with Crippen molar-refractivity contribution in [2.24, 2.45) is 0 Å². The number of nitrogens with zero attached hydrogens (tertiary/aromatic N) is 3. The number of pyridine rings is 1. The Bertz CT molecular complexity index is 788. The highest BCUT2D eigenvalue weighted by atomic mass is 16.5. The van der Waals surface area contributed by atoms with Crippen LogP contribution in [0.3, 0.4) is 0 Å². The highest BCUT2D eigenvalue weighted by Crippen LogP contribution is 2.29. The lowest BCUT2D eigenvalue weighted by atomic mass is 10.0. The van der Waals surface area contributed by atoms with Gasteiger partial charge in [0.2, 0.25) is 5.82 Å². The molecule has 1 atom stereocenters. The van der Waals surface area contributed by atoms with E-state index >= 15 is 0 Å². The number of hydrogen-bond acceptors (Lipinski definition) is 6. The molecule has 0 saturated carbocycles. The third-order valence-corrected chi connectivity index (χ3v) is 3.84. The van der Waals surface area contributed by atoms with Crippen molar-refractivity contribution in [1.29, 1.82) is 0 Å². The van der Waals surface area contributed by atoms with Crippen molar-refractivity contribution >= 4 is 10.8 Å². The molecule has 2 aromatic heterocycles. The molecule has 3 heterocycles. The maximum atomic E-state index is 10.5. The van der Waals surface area contributed by atoms with Crippen LogP contribution in [-0.2, 0) is 5.60 Å². The fourth-order valence-electron chi connectivity index (χ4n) is 2.67. The van der Waals surface area contributed by atoms with Gasteiger partial charge in [-0.2, -0.15) is 4.98 Å². The minimum atomic E-state index is -1.07. The number of aromatic nitrogens is 3. The molecule has 21 heavy (non-hydrogen) atoms.